The molecule has 18 heavy (non-hydrogen) atoms. The summed E-state index contributed by atoms with van der Waals surface area (Å²) in [4.78, 5) is 33.2. The van der Waals surface area contributed by atoms with E-state index in [1.807, 2.05) is 0 Å². The van der Waals surface area contributed by atoms with Crippen molar-refractivity contribution in [3.63, 3.8) is 0 Å². The second-order valence-electron chi connectivity index (χ2n) is 4.48. The van der Waals surface area contributed by atoms with Gasteiger partial charge in [0, 0.05) is 18.7 Å². The van der Waals surface area contributed by atoms with Crippen LogP contribution in [0.4, 0.5) is 0 Å². The van der Waals surface area contributed by atoms with E-state index in [-0.39, 0.29) is 18.9 Å². The molecule has 0 heterocycles. The largest absolute Gasteiger partial charge is 0.466 e. The van der Waals surface area contributed by atoms with Crippen LogP contribution in [-0.4, -0.2) is 37.1 Å². The highest BCUT2D eigenvalue weighted by molar-refractivity contribution is 5.94. The summed E-state index contributed by atoms with van der Waals surface area (Å²) in [7, 11) is 1.22. The molecule has 0 aliphatic heterocycles. The topological polar surface area (TPSA) is 81.7 Å². The van der Waals surface area contributed by atoms with Gasteiger partial charge in [-0.1, -0.05) is 0 Å². The number of hydrogen-bond acceptors (Lipinski definition) is 5. The second kappa shape index (κ2) is 7.47. The molecule has 0 saturated heterocycles. The zero-order chi connectivity index (χ0) is 14.2. The zero-order valence-corrected chi connectivity index (χ0v) is 11.1. The van der Waals surface area contributed by atoms with Crippen molar-refractivity contribution in [1.82, 2.24) is 5.32 Å². The molecule has 0 aromatic carbocycles. The Hall–Kier alpha value is -1.85. The molecule has 0 bridgehead atoms. The summed E-state index contributed by atoms with van der Waals surface area (Å²) in [5, 5.41) is 2.44. The van der Waals surface area contributed by atoms with Gasteiger partial charge in [0.2, 0.25) is 5.91 Å². The molecule has 6 nitrogen and oxygen atoms in total. The highest BCUT2D eigenvalue weighted by Crippen LogP contribution is 2.07. The number of esters is 2. The third-order valence-corrected chi connectivity index (χ3v) is 1.62. The van der Waals surface area contributed by atoms with Crippen LogP contribution in [0.1, 0.15) is 27.2 Å². The molecule has 0 atom stereocenters. The molecule has 0 fully saturated rings. The number of carbonyl (C=O) groups excluding carboxylic acids is 3. The van der Waals surface area contributed by atoms with Gasteiger partial charge < -0.3 is 14.8 Å². The maximum Gasteiger partial charge on any atom is 0.330 e. The normalized spacial score (nSPS) is 11.1. The monoisotopic (exact) mass is 257 g/mol. The van der Waals surface area contributed by atoms with Crippen molar-refractivity contribution in [3.8, 4) is 0 Å². The SMILES string of the molecule is COC(=O)/C=C/C(=O)NCCC(=O)OC(C)(C)C. The first kappa shape index (κ1) is 16.1. The van der Waals surface area contributed by atoms with E-state index in [9.17, 15) is 14.4 Å². The van der Waals surface area contributed by atoms with Gasteiger partial charge in [0.05, 0.1) is 13.5 Å². The lowest BCUT2D eigenvalue weighted by Crippen LogP contribution is -2.28. The van der Waals surface area contributed by atoms with Crippen LogP contribution in [0, 0.1) is 0 Å². The van der Waals surface area contributed by atoms with E-state index in [0.717, 1.165) is 12.2 Å². The van der Waals surface area contributed by atoms with Crippen LogP contribution in [-0.2, 0) is 23.9 Å². The Bertz CT molecular complexity index is 341. The maximum atomic E-state index is 11.3. The Labute approximate surface area is 106 Å². The van der Waals surface area contributed by atoms with E-state index in [1.54, 1.807) is 20.8 Å². The third kappa shape index (κ3) is 9.38. The van der Waals surface area contributed by atoms with Crippen LogP contribution in [0.3, 0.4) is 0 Å². The molecule has 0 saturated carbocycles. The van der Waals surface area contributed by atoms with Gasteiger partial charge in [-0.2, -0.15) is 0 Å². The molecule has 0 radical (unpaired) electrons. The molecule has 0 spiro atoms. The molecule has 6 heteroatoms. The number of nitrogens with one attached hydrogen (secondary N) is 1. The molecule has 0 rings (SSSR count). The van der Waals surface area contributed by atoms with Crippen molar-refractivity contribution in [2.45, 2.75) is 32.8 Å². The smallest absolute Gasteiger partial charge is 0.330 e. The van der Waals surface area contributed by atoms with Gasteiger partial charge >= 0.3 is 11.9 Å². The van der Waals surface area contributed by atoms with Crippen molar-refractivity contribution in [2.24, 2.45) is 0 Å². The predicted octanol–water partition coefficient (Wildman–Crippen LogP) is 0.564. The minimum Gasteiger partial charge on any atom is -0.466 e. The molecular formula is C12H19NO5. The second-order valence-corrected chi connectivity index (χ2v) is 4.48. The van der Waals surface area contributed by atoms with Crippen molar-refractivity contribution in [2.75, 3.05) is 13.7 Å². The average molecular weight is 257 g/mol. The first-order chi connectivity index (χ1) is 8.24. The zero-order valence-electron chi connectivity index (χ0n) is 11.1. The first-order valence-electron chi connectivity index (χ1n) is 5.50. The first-order valence-corrected chi connectivity index (χ1v) is 5.50. The van der Waals surface area contributed by atoms with Crippen LogP contribution >= 0.6 is 0 Å². The Balaban J connectivity index is 3.85. The molecule has 0 aromatic rings. The van der Waals surface area contributed by atoms with Gasteiger partial charge in [0.15, 0.2) is 0 Å². The molecule has 0 aliphatic carbocycles. The van der Waals surface area contributed by atoms with Crippen molar-refractivity contribution < 1.29 is 23.9 Å². The number of rotatable bonds is 5. The fourth-order valence-corrected chi connectivity index (χ4v) is 0.951. The van der Waals surface area contributed by atoms with Crippen LogP contribution in [0.15, 0.2) is 12.2 Å². The van der Waals surface area contributed by atoms with Crippen molar-refractivity contribution in [3.05, 3.63) is 12.2 Å². The average Bonchev–Trinajstić information content (AvgIpc) is 2.23. The summed E-state index contributed by atoms with van der Waals surface area (Å²) >= 11 is 0. The fraction of sp³-hybridized carbons (Fsp3) is 0.583. The van der Waals surface area contributed by atoms with E-state index in [4.69, 9.17) is 4.74 Å². The summed E-state index contributed by atoms with van der Waals surface area (Å²) < 4.78 is 9.37. The minimum absolute atomic E-state index is 0.0784. The molecule has 1 N–H and O–H groups in total. The molecule has 0 aliphatic rings. The van der Waals surface area contributed by atoms with Crippen LogP contribution in [0.5, 0.6) is 0 Å². The Morgan fingerprint density at radius 3 is 2.28 bits per heavy atom. The number of carbonyl (C=O) groups is 3. The lowest BCUT2D eigenvalue weighted by Gasteiger charge is -2.19. The highest BCUT2D eigenvalue weighted by atomic mass is 16.6. The Morgan fingerprint density at radius 1 is 1.17 bits per heavy atom. The van der Waals surface area contributed by atoms with E-state index < -0.39 is 17.5 Å². The predicted molar refractivity (Wildman–Crippen MR) is 64.6 cm³/mol. The van der Waals surface area contributed by atoms with Crippen LogP contribution < -0.4 is 5.32 Å². The van der Waals surface area contributed by atoms with Crippen molar-refractivity contribution >= 4 is 17.8 Å². The Kier molecular flexibility index (Phi) is 6.70. The van der Waals surface area contributed by atoms with Gasteiger partial charge in [-0.3, -0.25) is 9.59 Å². The van der Waals surface area contributed by atoms with Gasteiger partial charge in [-0.25, -0.2) is 4.79 Å². The minimum atomic E-state index is -0.614. The molecule has 0 unspecified atom stereocenters. The summed E-state index contributed by atoms with van der Waals surface area (Å²) in [6.45, 7) is 5.45. The van der Waals surface area contributed by atoms with E-state index in [1.165, 1.54) is 7.11 Å². The van der Waals surface area contributed by atoms with Crippen molar-refractivity contribution in [1.29, 1.82) is 0 Å². The summed E-state index contributed by atoms with van der Waals surface area (Å²) in [5.41, 5.74) is -0.536. The van der Waals surface area contributed by atoms with Crippen LogP contribution in [0.25, 0.3) is 0 Å². The third-order valence-electron chi connectivity index (χ3n) is 1.62. The van der Waals surface area contributed by atoms with E-state index >= 15 is 0 Å². The lowest BCUT2D eigenvalue weighted by molar-refractivity contribution is -0.154. The molecule has 1 amide bonds. The van der Waals surface area contributed by atoms with Gasteiger partial charge in [0.25, 0.3) is 0 Å². The van der Waals surface area contributed by atoms with Gasteiger partial charge in [0.1, 0.15) is 5.60 Å². The lowest BCUT2D eigenvalue weighted by atomic mass is 10.2. The summed E-state index contributed by atoms with van der Waals surface area (Å²) in [6.07, 6.45) is 2.12. The number of ether oxygens (including phenoxy) is 2. The van der Waals surface area contributed by atoms with Crippen LogP contribution in [0.2, 0.25) is 0 Å². The summed E-state index contributed by atoms with van der Waals surface area (Å²) in [6, 6.07) is 0. The quantitative estimate of drug-likeness (QED) is 0.575. The molecular weight excluding hydrogens is 238 g/mol. The number of hydrogen-bond donors (Lipinski definition) is 1. The van der Waals surface area contributed by atoms with Gasteiger partial charge in [-0.15, -0.1) is 0 Å². The Morgan fingerprint density at radius 2 is 1.78 bits per heavy atom. The van der Waals surface area contributed by atoms with E-state index in [0.29, 0.717) is 0 Å². The molecule has 0 aromatic heterocycles. The fourth-order valence-electron chi connectivity index (χ4n) is 0.951. The summed E-state index contributed by atoms with van der Waals surface area (Å²) in [5.74, 6) is -1.47. The maximum absolute atomic E-state index is 11.3. The number of methoxy groups -OCH3 is 1. The van der Waals surface area contributed by atoms with E-state index in [2.05, 4.69) is 10.1 Å². The standard InChI is InChI=1S/C12H19NO5/c1-12(2,3)18-11(16)7-8-13-9(14)5-6-10(15)17-4/h5-6H,7-8H2,1-4H3,(H,13,14)/b6-5+. The molecule has 102 valence electrons. The highest BCUT2D eigenvalue weighted by Gasteiger charge is 2.15. The van der Waals surface area contributed by atoms with Gasteiger partial charge in [-0.05, 0) is 20.8 Å². The number of amides is 1.